The Bertz CT molecular complexity index is 668. The molecule has 1 aromatic heterocycles. The fraction of sp³-hybridized carbons (Fsp3) is 0.267. The number of aromatic nitrogens is 1. The summed E-state index contributed by atoms with van der Waals surface area (Å²) in [5, 5.41) is 1.31. The van der Waals surface area contributed by atoms with E-state index in [-0.39, 0.29) is 11.9 Å². The third kappa shape index (κ3) is 1.22. The minimum absolute atomic E-state index is 0.149. The predicted octanol–water partition coefficient (Wildman–Crippen LogP) is 2.55. The van der Waals surface area contributed by atoms with Crippen molar-refractivity contribution in [3.05, 3.63) is 47.7 Å². The molecule has 3 nitrogen and oxygen atoms in total. The Morgan fingerprint density at radius 2 is 2.17 bits per heavy atom. The van der Waals surface area contributed by atoms with E-state index in [2.05, 4.69) is 23.2 Å². The number of carbonyl (C=O) groups is 1. The number of fused-ring (bicyclic) bond motifs is 5. The van der Waals surface area contributed by atoms with Gasteiger partial charge in [-0.05, 0) is 30.5 Å². The second kappa shape index (κ2) is 3.48. The first-order chi connectivity index (χ1) is 8.84. The number of nitrogens with zero attached hydrogens (tertiary/aromatic N) is 1. The predicted molar refractivity (Wildman–Crippen MR) is 70.2 cm³/mol. The number of nitrogens with one attached hydrogen (secondary N) is 1. The van der Waals surface area contributed by atoms with Crippen LogP contribution in [0.5, 0.6) is 0 Å². The molecule has 1 amide bonds. The first kappa shape index (κ1) is 9.95. The molecule has 3 heterocycles. The molecule has 0 radical (unpaired) electrons. The van der Waals surface area contributed by atoms with Crippen molar-refractivity contribution in [3.63, 3.8) is 0 Å². The first-order valence-electron chi connectivity index (χ1n) is 6.41. The highest BCUT2D eigenvalue weighted by Gasteiger charge is 2.33. The third-order valence-electron chi connectivity index (χ3n) is 4.06. The van der Waals surface area contributed by atoms with Gasteiger partial charge in [0.25, 0.3) is 0 Å². The van der Waals surface area contributed by atoms with Crippen LogP contribution < -0.4 is 0 Å². The zero-order valence-corrected chi connectivity index (χ0v) is 10.0. The summed E-state index contributed by atoms with van der Waals surface area (Å²) in [6.45, 7) is 0.836. The summed E-state index contributed by atoms with van der Waals surface area (Å²) in [7, 11) is 0. The van der Waals surface area contributed by atoms with E-state index in [9.17, 15) is 4.79 Å². The maximum absolute atomic E-state index is 11.9. The molecule has 0 spiro atoms. The number of amides is 1. The van der Waals surface area contributed by atoms with Gasteiger partial charge in [-0.3, -0.25) is 4.79 Å². The van der Waals surface area contributed by atoms with Crippen LogP contribution in [0.15, 0.2) is 36.4 Å². The number of benzene rings is 1. The molecule has 2 aliphatic heterocycles. The van der Waals surface area contributed by atoms with Crippen molar-refractivity contribution in [2.45, 2.75) is 18.9 Å². The van der Waals surface area contributed by atoms with Crippen LogP contribution in [0.2, 0.25) is 0 Å². The van der Waals surface area contributed by atoms with Crippen LogP contribution in [0, 0.1) is 0 Å². The van der Waals surface area contributed by atoms with E-state index in [1.54, 1.807) is 6.08 Å². The van der Waals surface area contributed by atoms with Crippen molar-refractivity contribution in [3.8, 4) is 0 Å². The molecule has 18 heavy (non-hydrogen) atoms. The van der Waals surface area contributed by atoms with Gasteiger partial charge in [0.05, 0.1) is 6.04 Å². The van der Waals surface area contributed by atoms with Gasteiger partial charge in [0, 0.05) is 23.1 Å². The molecule has 0 bridgehead atoms. The normalized spacial score (nSPS) is 22.1. The van der Waals surface area contributed by atoms with Gasteiger partial charge < -0.3 is 9.88 Å². The van der Waals surface area contributed by atoms with E-state index >= 15 is 0 Å². The van der Waals surface area contributed by atoms with Crippen molar-refractivity contribution in [2.24, 2.45) is 0 Å². The molecule has 1 N–H and O–H groups in total. The molecule has 0 saturated heterocycles. The quantitative estimate of drug-likeness (QED) is 0.752. The molecule has 0 saturated carbocycles. The smallest absolute Gasteiger partial charge is 0.246 e. The highest BCUT2D eigenvalue weighted by molar-refractivity contribution is 5.90. The standard InChI is InChI=1S/C15H14N2O/c18-14-7-3-6-13-15-11(8-9-17(13)14)10-4-1-2-5-12(10)16-15/h1-5,7,13,16H,6,8-9H2. The van der Waals surface area contributed by atoms with E-state index in [1.807, 2.05) is 17.0 Å². The van der Waals surface area contributed by atoms with Crippen molar-refractivity contribution in [2.75, 3.05) is 6.54 Å². The van der Waals surface area contributed by atoms with Gasteiger partial charge in [-0.15, -0.1) is 0 Å². The van der Waals surface area contributed by atoms with Crippen LogP contribution in [0.3, 0.4) is 0 Å². The van der Waals surface area contributed by atoms with E-state index in [0.29, 0.717) is 0 Å². The van der Waals surface area contributed by atoms with Crippen LogP contribution in [-0.4, -0.2) is 22.3 Å². The summed E-state index contributed by atoms with van der Waals surface area (Å²) in [6, 6.07) is 8.61. The Kier molecular flexibility index (Phi) is 1.92. The lowest BCUT2D eigenvalue weighted by atomic mass is 9.93. The summed E-state index contributed by atoms with van der Waals surface area (Å²) in [4.78, 5) is 17.4. The zero-order valence-electron chi connectivity index (χ0n) is 10.0. The van der Waals surface area contributed by atoms with Gasteiger partial charge in [-0.1, -0.05) is 24.3 Å². The molecular formula is C15H14N2O. The molecule has 0 aliphatic carbocycles. The number of H-pyrrole nitrogens is 1. The highest BCUT2D eigenvalue weighted by Crippen LogP contribution is 2.37. The first-order valence-corrected chi connectivity index (χ1v) is 6.41. The molecule has 2 aliphatic rings. The highest BCUT2D eigenvalue weighted by atomic mass is 16.2. The number of aromatic amines is 1. The van der Waals surface area contributed by atoms with Gasteiger partial charge >= 0.3 is 0 Å². The monoisotopic (exact) mass is 238 g/mol. The van der Waals surface area contributed by atoms with Gasteiger partial charge in [0.1, 0.15) is 0 Å². The SMILES string of the molecule is O=C1C=CCC2c3[nH]c4ccccc4c3CCN12. The lowest BCUT2D eigenvalue weighted by Gasteiger charge is -2.36. The average Bonchev–Trinajstić information content (AvgIpc) is 2.78. The van der Waals surface area contributed by atoms with Crippen molar-refractivity contribution < 1.29 is 4.79 Å². The lowest BCUT2D eigenvalue weighted by Crippen LogP contribution is -2.40. The van der Waals surface area contributed by atoms with Gasteiger partial charge in [0.15, 0.2) is 0 Å². The summed E-state index contributed by atoms with van der Waals surface area (Å²) in [6.07, 6.45) is 5.56. The Morgan fingerprint density at radius 1 is 1.28 bits per heavy atom. The number of rotatable bonds is 0. The molecule has 0 fully saturated rings. The van der Waals surface area contributed by atoms with E-state index in [0.717, 1.165) is 19.4 Å². The van der Waals surface area contributed by atoms with Gasteiger partial charge in [0.2, 0.25) is 5.91 Å². The fourth-order valence-corrected chi connectivity index (χ4v) is 3.22. The van der Waals surface area contributed by atoms with Crippen LogP contribution >= 0.6 is 0 Å². The third-order valence-corrected chi connectivity index (χ3v) is 4.06. The molecule has 1 atom stereocenters. The number of hydrogen-bond donors (Lipinski definition) is 1. The van der Waals surface area contributed by atoms with E-state index in [4.69, 9.17) is 0 Å². The fourth-order valence-electron chi connectivity index (χ4n) is 3.22. The zero-order chi connectivity index (χ0) is 12.1. The van der Waals surface area contributed by atoms with Gasteiger partial charge in [-0.25, -0.2) is 0 Å². The Hall–Kier alpha value is -2.03. The molecule has 1 aromatic carbocycles. The van der Waals surface area contributed by atoms with Crippen LogP contribution in [0.4, 0.5) is 0 Å². The molecule has 4 rings (SSSR count). The second-order valence-corrected chi connectivity index (χ2v) is 5.00. The molecule has 90 valence electrons. The Balaban J connectivity index is 1.93. The van der Waals surface area contributed by atoms with E-state index in [1.165, 1.54) is 22.2 Å². The minimum Gasteiger partial charge on any atom is -0.356 e. The summed E-state index contributed by atoms with van der Waals surface area (Å²) < 4.78 is 0. The summed E-state index contributed by atoms with van der Waals surface area (Å²) in [5.74, 6) is 0.149. The summed E-state index contributed by atoms with van der Waals surface area (Å²) in [5.41, 5.74) is 3.82. The van der Waals surface area contributed by atoms with Gasteiger partial charge in [-0.2, -0.15) is 0 Å². The second-order valence-electron chi connectivity index (χ2n) is 5.00. The van der Waals surface area contributed by atoms with Crippen LogP contribution in [-0.2, 0) is 11.2 Å². The molecule has 1 unspecified atom stereocenters. The van der Waals surface area contributed by atoms with Crippen molar-refractivity contribution in [1.82, 2.24) is 9.88 Å². The molecule has 2 aromatic rings. The topological polar surface area (TPSA) is 36.1 Å². The Labute approximate surface area is 105 Å². The number of carbonyl (C=O) groups excluding carboxylic acids is 1. The van der Waals surface area contributed by atoms with Crippen LogP contribution in [0.25, 0.3) is 10.9 Å². The largest absolute Gasteiger partial charge is 0.356 e. The molecule has 3 heteroatoms. The van der Waals surface area contributed by atoms with Crippen molar-refractivity contribution in [1.29, 1.82) is 0 Å². The lowest BCUT2D eigenvalue weighted by molar-refractivity contribution is -0.129. The maximum atomic E-state index is 11.9. The average molecular weight is 238 g/mol. The van der Waals surface area contributed by atoms with Crippen molar-refractivity contribution >= 4 is 16.8 Å². The molecular weight excluding hydrogens is 224 g/mol. The van der Waals surface area contributed by atoms with E-state index < -0.39 is 0 Å². The maximum Gasteiger partial charge on any atom is 0.246 e. The van der Waals surface area contributed by atoms with Crippen LogP contribution in [0.1, 0.15) is 23.7 Å². The number of para-hydroxylation sites is 1. The Morgan fingerprint density at radius 3 is 3.11 bits per heavy atom. The summed E-state index contributed by atoms with van der Waals surface area (Å²) >= 11 is 0. The number of hydrogen-bond acceptors (Lipinski definition) is 1. The minimum atomic E-state index is 0.149.